The highest BCUT2D eigenvalue weighted by Gasteiger charge is 2.27. The second-order valence-corrected chi connectivity index (χ2v) is 7.05. The van der Waals surface area contributed by atoms with Crippen LogP contribution in [0.4, 0.5) is 0 Å². The van der Waals surface area contributed by atoms with Crippen molar-refractivity contribution in [1.82, 2.24) is 14.7 Å². The summed E-state index contributed by atoms with van der Waals surface area (Å²) in [6.45, 7) is 3.40. The minimum atomic E-state index is -0.112. The third-order valence-electron chi connectivity index (χ3n) is 4.91. The smallest absolute Gasteiger partial charge is 0.290 e. The first kappa shape index (κ1) is 19.4. The fourth-order valence-corrected chi connectivity index (χ4v) is 3.37. The van der Waals surface area contributed by atoms with Crippen molar-refractivity contribution in [2.45, 2.75) is 13.0 Å². The molecule has 1 aromatic heterocycles. The molecule has 0 saturated carbocycles. The summed E-state index contributed by atoms with van der Waals surface area (Å²) in [6.07, 6.45) is 0.826. The van der Waals surface area contributed by atoms with Crippen molar-refractivity contribution < 1.29 is 18.7 Å². The van der Waals surface area contributed by atoms with E-state index in [1.807, 2.05) is 29.2 Å². The number of amides is 2. The second kappa shape index (κ2) is 8.54. The van der Waals surface area contributed by atoms with E-state index in [0.29, 0.717) is 44.1 Å². The molecule has 2 heterocycles. The molecule has 27 heavy (non-hydrogen) atoms. The summed E-state index contributed by atoms with van der Waals surface area (Å²) < 4.78 is 11.2. The molecule has 0 bridgehead atoms. The second-order valence-electron chi connectivity index (χ2n) is 7.05. The van der Waals surface area contributed by atoms with Crippen LogP contribution in [0.3, 0.4) is 0 Å². The van der Waals surface area contributed by atoms with Crippen LogP contribution in [0.1, 0.15) is 22.5 Å². The Labute approximate surface area is 159 Å². The summed E-state index contributed by atoms with van der Waals surface area (Å²) in [6, 6.07) is 7.63. The molecule has 0 radical (unpaired) electrons. The molecule has 1 saturated heterocycles. The molecule has 2 aromatic rings. The number of carbonyl (C=O) groups excluding carboxylic acids is 2. The summed E-state index contributed by atoms with van der Waals surface area (Å²) >= 11 is 0. The molecule has 0 N–H and O–H groups in total. The molecule has 0 spiro atoms. The highest BCUT2D eigenvalue weighted by molar-refractivity contribution is 5.99. The fraction of sp³-hybridized carbons (Fsp3) is 0.500. The number of methoxy groups -OCH3 is 1. The summed E-state index contributed by atoms with van der Waals surface area (Å²) in [5.41, 5.74) is 1.49. The van der Waals surface area contributed by atoms with Crippen molar-refractivity contribution in [3.63, 3.8) is 0 Å². The Morgan fingerprint density at radius 2 is 1.93 bits per heavy atom. The standard InChI is InChI=1S/C20H27N3O4/c1-21(2)18(24)13-22-9-6-10-23(12-11-22)20(25)19-16(14-26-3)15-7-4-5-8-17(15)27-19/h4-5,7-8H,6,9-14H2,1-3H3. The van der Waals surface area contributed by atoms with E-state index in [9.17, 15) is 9.59 Å². The fourth-order valence-electron chi connectivity index (χ4n) is 3.37. The van der Waals surface area contributed by atoms with E-state index in [0.717, 1.165) is 23.9 Å². The zero-order valence-corrected chi connectivity index (χ0v) is 16.2. The number of hydrogen-bond acceptors (Lipinski definition) is 5. The van der Waals surface area contributed by atoms with Crippen LogP contribution in [0.2, 0.25) is 0 Å². The molecule has 0 atom stereocenters. The van der Waals surface area contributed by atoms with Gasteiger partial charge in [-0.15, -0.1) is 0 Å². The number of likely N-dealkylation sites (N-methyl/N-ethyl adjacent to an activating group) is 1. The average Bonchev–Trinajstić information content (AvgIpc) is 2.85. The molecule has 0 unspecified atom stereocenters. The molecule has 3 rings (SSSR count). The maximum absolute atomic E-state index is 13.1. The third kappa shape index (κ3) is 4.31. The molecule has 1 aliphatic heterocycles. The largest absolute Gasteiger partial charge is 0.451 e. The van der Waals surface area contributed by atoms with Crippen molar-refractivity contribution in [2.75, 3.05) is 53.9 Å². The van der Waals surface area contributed by atoms with E-state index in [1.165, 1.54) is 0 Å². The Bertz CT molecular complexity index is 815. The number of benzene rings is 1. The maximum atomic E-state index is 13.1. The summed E-state index contributed by atoms with van der Waals surface area (Å²) in [4.78, 5) is 30.6. The van der Waals surface area contributed by atoms with Crippen LogP contribution in [0.5, 0.6) is 0 Å². The Balaban J connectivity index is 1.75. The number of nitrogens with zero attached hydrogens (tertiary/aromatic N) is 3. The number of rotatable bonds is 5. The number of ether oxygens (including phenoxy) is 1. The average molecular weight is 373 g/mol. The Morgan fingerprint density at radius 3 is 2.67 bits per heavy atom. The molecule has 0 aliphatic carbocycles. The van der Waals surface area contributed by atoms with Crippen molar-refractivity contribution in [3.05, 3.63) is 35.6 Å². The normalized spacial score (nSPS) is 15.7. The van der Waals surface area contributed by atoms with E-state index >= 15 is 0 Å². The lowest BCUT2D eigenvalue weighted by molar-refractivity contribution is -0.129. The van der Waals surface area contributed by atoms with Gasteiger partial charge in [0.15, 0.2) is 5.76 Å². The molecule has 1 aromatic carbocycles. The van der Waals surface area contributed by atoms with E-state index in [2.05, 4.69) is 4.90 Å². The molecular weight excluding hydrogens is 346 g/mol. The van der Waals surface area contributed by atoms with Crippen LogP contribution < -0.4 is 0 Å². The van der Waals surface area contributed by atoms with Gasteiger partial charge in [0.05, 0.1) is 13.2 Å². The van der Waals surface area contributed by atoms with E-state index in [1.54, 1.807) is 26.1 Å². The van der Waals surface area contributed by atoms with Gasteiger partial charge in [-0.3, -0.25) is 14.5 Å². The first-order chi connectivity index (χ1) is 13.0. The molecule has 2 amide bonds. The van der Waals surface area contributed by atoms with Crippen molar-refractivity contribution in [2.24, 2.45) is 0 Å². The van der Waals surface area contributed by atoms with Crippen LogP contribution in [-0.2, 0) is 16.1 Å². The Hall–Kier alpha value is -2.38. The van der Waals surface area contributed by atoms with Crippen molar-refractivity contribution in [1.29, 1.82) is 0 Å². The zero-order valence-electron chi connectivity index (χ0n) is 16.2. The molecule has 146 valence electrons. The molecular formula is C20H27N3O4. The Kier molecular flexibility index (Phi) is 6.13. The maximum Gasteiger partial charge on any atom is 0.290 e. The molecule has 1 aliphatic rings. The highest BCUT2D eigenvalue weighted by atomic mass is 16.5. The van der Waals surface area contributed by atoms with E-state index in [-0.39, 0.29) is 11.8 Å². The Morgan fingerprint density at radius 1 is 1.15 bits per heavy atom. The van der Waals surface area contributed by atoms with Crippen molar-refractivity contribution in [3.8, 4) is 0 Å². The van der Waals surface area contributed by atoms with Crippen LogP contribution in [0.15, 0.2) is 28.7 Å². The minimum Gasteiger partial charge on any atom is -0.451 e. The topological polar surface area (TPSA) is 66.2 Å². The number of para-hydroxylation sites is 1. The van der Waals surface area contributed by atoms with Crippen molar-refractivity contribution >= 4 is 22.8 Å². The van der Waals surface area contributed by atoms with Gasteiger partial charge in [0, 0.05) is 58.3 Å². The lowest BCUT2D eigenvalue weighted by atomic mass is 10.1. The van der Waals surface area contributed by atoms with Gasteiger partial charge in [0.1, 0.15) is 5.58 Å². The molecule has 7 heteroatoms. The van der Waals surface area contributed by atoms with Gasteiger partial charge in [0.25, 0.3) is 5.91 Å². The minimum absolute atomic E-state index is 0.0782. The van der Waals surface area contributed by atoms with E-state index in [4.69, 9.17) is 9.15 Å². The molecule has 1 fully saturated rings. The number of fused-ring (bicyclic) bond motifs is 1. The van der Waals surface area contributed by atoms with Crippen LogP contribution >= 0.6 is 0 Å². The zero-order chi connectivity index (χ0) is 19.4. The summed E-state index contributed by atoms with van der Waals surface area (Å²) in [5, 5.41) is 0.913. The molecule has 7 nitrogen and oxygen atoms in total. The monoisotopic (exact) mass is 373 g/mol. The summed E-state index contributed by atoms with van der Waals surface area (Å²) in [7, 11) is 5.13. The summed E-state index contributed by atoms with van der Waals surface area (Å²) in [5.74, 6) is 0.323. The van der Waals surface area contributed by atoms with Crippen LogP contribution in [0.25, 0.3) is 11.0 Å². The predicted octanol–water partition coefficient (Wildman–Crippen LogP) is 1.82. The van der Waals surface area contributed by atoms with Gasteiger partial charge < -0.3 is 19.0 Å². The number of carbonyl (C=O) groups is 2. The SMILES string of the molecule is COCc1c(C(=O)N2CCCN(CC(=O)N(C)C)CC2)oc2ccccc12. The lowest BCUT2D eigenvalue weighted by Crippen LogP contribution is -2.39. The van der Waals surface area contributed by atoms with Crippen LogP contribution in [-0.4, -0.2) is 80.4 Å². The van der Waals surface area contributed by atoms with Gasteiger partial charge >= 0.3 is 0 Å². The number of hydrogen-bond donors (Lipinski definition) is 0. The number of furan rings is 1. The highest BCUT2D eigenvalue weighted by Crippen LogP contribution is 2.27. The predicted molar refractivity (Wildman–Crippen MR) is 103 cm³/mol. The third-order valence-corrected chi connectivity index (χ3v) is 4.91. The first-order valence-corrected chi connectivity index (χ1v) is 9.22. The van der Waals surface area contributed by atoms with Gasteiger partial charge in [-0.2, -0.15) is 0 Å². The van der Waals surface area contributed by atoms with Gasteiger partial charge in [0.2, 0.25) is 5.91 Å². The first-order valence-electron chi connectivity index (χ1n) is 9.22. The van der Waals surface area contributed by atoms with Gasteiger partial charge in [-0.1, -0.05) is 18.2 Å². The van der Waals surface area contributed by atoms with Gasteiger partial charge in [-0.05, 0) is 12.5 Å². The van der Waals surface area contributed by atoms with E-state index < -0.39 is 0 Å². The van der Waals surface area contributed by atoms with Crippen LogP contribution in [0, 0.1) is 0 Å². The quantitative estimate of drug-likeness (QED) is 0.800. The van der Waals surface area contributed by atoms with Gasteiger partial charge in [-0.25, -0.2) is 0 Å². The lowest BCUT2D eigenvalue weighted by Gasteiger charge is -2.22.